The van der Waals surface area contributed by atoms with Crippen LogP contribution in [0.15, 0.2) is 53.7 Å². The van der Waals surface area contributed by atoms with Crippen LogP contribution in [0.5, 0.6) is 0 Å². The van der Waals surface area contributed by atoms with Crippen LogP contribution < -0.4 is 5.32 Å². The van der Waals surface area contributed by atoms with E-state index in [9.17, 15) is 30.8 Å². The lowest BCUT2D eigenvalue weighted by Gasteiger charge is -2.23. The van der Waals surface area contributed by atoms with Crippen LogP contribution >= 0.6 is 0 Å². The molecular formula is C25H23F4N5O3S. The first-order valence-electron chi connectivity index (χ1n) is 12.0. The number of rotatable bonds is 7. The van der Waals surface area contributed by atoms with Crippen LogP contribution in [-0.2, 0) is 27.5 Å². The summed E-state index contributed by atoms with van der Waals surface area (Å²) >= 11 is 0. The standard InChI is InChI=1S/C25H23F4N5O3S/c26-18-5-7-19(8-6-18)38(36,37)34-9-1-2-22(34)23(35)30-12-15-10-20(16-3-4-16)33-21(11-15)17-13-31-24(32-14-17)25(27,28)29/h5-8,10-11,13-14,16,22H,1-4,9,12H2,(H,30,35)/t22-/m0/s1. The van der Waals surface area contributed by atoms with Crippen molar-refractivity contribution in [3.63, 3.8) is 0 Å². The first-order valence-corrected chi connectivity index (χ1v) is 13.4. The van der Waals surface area contributed by atoms with Gasteiger partial charge in [-0.05, 0) is 67.6 Å². The van der Waals surface area contributed by atoms with E-state index < -0.39 is 39.8 Å². The quantitative estimate of drug-likeness (QED) is 0.446. The molecule has 0 unspecified atom stereocenters. The van der Waals surface area contributed by atoms with Crippen molar-refractivity contribution in [2.24, 2.45) is 0 Å². The van der Waals surface area contributed by atoms with E-state index in [0.717, 1.165) is 47.4 Å². The van der Waals surface area contributed by atoms with Crippen molar-refractivity contribution < 1.29 is 30.8 Å². The highest BCUT2D eigenvalue weighted by molar-refractivity contribution is 7.89. The Morgan fingerprint density at radius 1 is 1.05 bits per heavy atom. The van der Waals surface area contributed by atoms with Crippen LogP contribution in [0.3, 0.4) is 0 Å². The maximum Gasteiger partial charge on any atom is 0.451 e. The molecule has 38 heavy (non-hydrogen) atoms. The van der Waals surface area contributed by atoms with E-state index in [0.29, 0.717) is 29.7 Å². The van der Waals surface area contributed by atoms with Crippen LogP contribution in [0.1, 0.15) is 48.7 Å². The lowest BCUT2D eigenvalue weighted by Crippen LogP contribution is -2.45. The van der Waals surface area contributed by atoms with Crippen LogP contribution in [0.2, 0.25) is 0 Å². The van der Waals surface area contributed by atoms with Gasteiger partial charge in [-0.25, -0.2) is 22.8 Å². The number of pyridine rings is 1. The van der Waals surface area contributed by atoms with Gasteiger partial charge in [-0.1, -0.05) is 0 Å². The molecule has 8 nitrogen and oxygen atoms in total. The number of benzene rings is 1. The van der Waals surface area contributed by atoms with Crippen molar-refractivity contribution in [3.8, 4) is 11.3 Å². The molecule has 1 saturated carbocycles. The first-order chi connectivity index (χ1) is 18.0. The third-order valence-corrected chi connectivity index (χ3v) is 8.42. The van der Waals surface area contributed by atoms with Crippen LogP contribution in [0.4, 0.5) is 17.6 Å². The van der Waals surface area contributed by atoms with E-state index >= 15 is 0 Å². The van der Waals surface area contributed by atoms with Gasteiger partial charge in [0.15, 0.2) is 0 Å². The molecule has 0 bridgehead atoms. The number of alkyl halides is 3. The number of hydrogen-bond donors (Lipinski definition) is 1. The van der Waals surface area contributed by atoms with Gasteiger partial charge in [-0.15, -0.1) is 0 Å². The van der Waals surface area contributed by atoms with Gasteiger partial charge >= 0.3 is 6.18 Å². The zero-order valence-corrected chi connectivity index (χ0v) is 20.8. The second kappa shape index (κ2) is 10.0. The summed E-state index contributed by atoms with van der Waals surface area (Å²) in [6.07, 6.45) is 0.174. The molecule has 1 amide bonds. The van der Waals surface area contributed by atoms with Gasteiger partial charge in [0.05, 0.1) is 10.6 Å². The molecule has 1 aliphatic carbocycles. The number of halogens is 4. The van der Waals surface area contributed by atoms with Crippen LogP contribution in [-0.4, -0.2) is 46.2 Å². The number of aromatic nitrogens is 3. The van der Waals surface area contributed by atoms with Gasteiger partial charge in [0, 0.05) is 42.7 Å². The predicted molar refractivity (Wildman–Crippen MR) is 127 cm³/mol. The molecule has 2 aliphatic rings. The molecule has 5 rings (SSSR count). The Bertz CT molecular complexity index is 1440. The van der Waals surface area contributed by atoms with E-state index in [1.807, 2.05) is 6.07 Å². The molecule has 13 heteroatoms. The van der Waals surface area contributed by atoms with Gasteiger partial charge in [0.2, 0.25) is 21.8 Å². The van der Waals surface area contributed by atoms with E-state index in [2.05, 4.69) is 20.3 Å². The topological polar surface area (TPSA) is 105 Å². The summed E-state index contributed by atoms with van der Waals surface area (Å²) in [5.74, 6) is -2.06. The first kappa shape index (κ1) is 26.2. The number of carbonyl (C=O) groups is 1. The molecule has 1 N–H and O–H groups in total. The van der Waals surface area contributed by atoms with Crippen molar-refractivity contribution in [1.82, 2.24) is 24.6 Å². The number of sulfonamides is 1. The number of nitrogens with zero attached hydrogens (tertiary/aromatic N) is 4. The van der Waals surface area contributed by atoms with Gasteiger partial charge in [0.1, 0.15) is 11.9 Å². The van der Waals surface area contributed by atoms with Crippen LogP contribution in [0.25, 0.3) is 11.3 Å². The minimum absolute atomic E-state index is 0.0660. The highest BCUT2D eigenvalue weighted by atomic mass is 32.2. The Labute approximate surface area is 216 Å². The molecule has 200 valence electrons. The van der Waals surface area contributed by atoms with Crippen molar-refractivity contribution >= 4 is 15.9 Å². The average molecular weight is 550 g/mol. The number of nitrogens with one attached hydrogen (secondary N) is 1. The molecule has 1 aliphatic heterocycles. The molecule has 2 aromatic heterocycles. The molecule has 0 spiro atoms. The number of carbonyl (C=O) groups excluding carboxylic acids is 1. The molecule has 1 saturated heterocycles. The second-order valence-corrected chi connectivity index (χ2v) is 11.2. The highest BCUT2D eigenvalue weighted by Gasteiger charge is 2.39. The fourth-order valence-electron chi connectivity index (χ4n) is 4.39. The Morgan fingerprint density at radius 2 is 1.74 bits per heavy atom. The summed E-state index contributed by atoms with van der Waals surface area (Å²) in [5.41, 5.74) is 2.11. The summed E-state index contributed by atoms with van der Waals surface area (Å²) < 4.78 is 79.1. The summed E-state index contributed by atoms with van der Waals surface area (Å²) in [6, 6.07) is 6.99. The fraction of sp³-hybridized carbons (Fsp3) is 0.360. The molecule has 0 radical (unpaired) electrons. The lowest BCUT2D eigenvalue weighted by molar-refractivity contribution is -0.145. The Morgan fingerprint density at radius 3 is 2.37 bits per heavy atom. The summed E-state index contributed by atoms with van der Waals surface area (Å²) in [5, 5.41) is 2.78. The third kappa shape index (κ3) is 5.53. The monoisotopic (exact) mass is 549 g/mol. The molecule has 1 aromatic carbocycles. The van der Waals surface area contributed by atoms with Crippen molar-refractivity contribution in [1.29, 1.82) is 0 Å². The molecule has 3 aromatic rings. The van der Waals surface area contributed by atoms with Gasteiger partial charge < -0.3 is 5.32 Å². The normalized spacial score (nSPS) is 18.5. The van der Waals surface area contributed by atoms with Crippen LogP contribution in [0, 0.1) is 5.82 Å². The largest absolute Gasteiger partial charge is 0.451 e. The Balaban J connectivity index is 1.33. The Hall–Kier alpha value is -3.45. The van der Waals surface area contributed by atoms with E-state index in [4.69, 9.17) is 0 Å². The minimum atomic E-state index is -4.66. The van der Waals surface area contributed by atoms with Gasteiger partial charge in [0.25, 0.3) is 0 Å². The van der Waals surface area contributed by atoms with Crippen molar-refractivity contribution in [2.75, 3.05) is 6.54 Å². The molecule has 1 atom stereocenters. The zero-order valence-electron chi connectivity index (χ0n) is 19.9. The fourth-order valence-corrected chi connectivity index (χ4v) is 6.05. The summed E-state index contributed by atoms with van der Waals surface area (Å²) in [7, 11) is -4.00. The van der Waals surface area contributed by atoms with Gasteiger partial charge in [-0.3, -0.25) is 9.78 Å². The van der Waals surface area contributed by atoms with Crippen molar-refractivity contribution in [2.45, 2.75) is 55.3 Å². The number of amides is 1. The SMILES string of the molecule is O=C(NCc1cc(-c2cnc(C(F)(F)F)nc2)nc(C2CC2)c1)[C@@H]1CCCN1S(=O)(=O)c1ccc(F)cc1. The van der Waals surface area contributed by atoms with Gasteiger partial charge in [-0.2, -0.15) is 17.5 Å². The maximum absolute atomic E-state index is 13.3. The summed E-state index contributed by atoms with van der Waals surface area (Å²) in [6.45, 7) is 0.230. The highest BCUT2D eigenvalue weighted by Crippen LogP contribution is 2.40. The minimum Gasteiger partial charge on any atom is -0.351 e. The molecule has 3 heterocycles. The van der Waals surface area contributed by atoms with E-state index in [-0.39, 0.29) is 23.9 Å². The maximum atomic E-state index is 13.3. The molecule has 2 fully saturated rings. The lowest BCUT2D eigenvalue weighted by atomic mass is 10.1. The molecular weight excluding hydrogens is 526 g/mol. The van der Waals surface area contributed by atoms with E-state index in [1.54, 1.807) is 6.07 Å². The smallest absolute Gasteiger partial charge is 0.351 e. The number of hydrogen-bond acceptors (Lipinski definition) is 6. The van der Waals surface area contributed by atoms with Crippen molar-refractivity contribution in [3.05, 3.63) is 71.7 Å². The average Bonchev–Trinajstić information content (AvgIpc) is 3.62. The zero-order chi connectivity index (χ0) is 27.1. The third-order valence-electron chi connectivity index (χ3n) is 6.50. The van der Waals surface area contributed by atoms with E-state index in [1.165, 1.54) is 12.1 Å². The predicted octanol–water partition coefficient (Wildman–Crippen LogP) is 4.04. The summed E-state index contributed by atoms with van der Waals surface area (Å²) in [4.78, 5) is 24.3. The Kier molecular flexibility index (Phi) is 6.90. The second-order valence-electron chi connectivity index (χ2n) is 9.30.